The fourth-order valence-electron chi connectivity index (χ4n) is 5.41. The second kappa shape index (κ2) is 9.34. The fraction of sp³-hybridized carbons (Fsp3) is 0.481. The lowest BCUT2D eigenvalue weighted by molar-refractivity contribution is -0.121. The molecule has 3 heterocycles. The van der Waals surface area contributed by atoms with Crippen molar-refractivity contribution < 1.29 is 9.59 Å². The minimum atomic E-state index is -0.627. The number of H-pyrrole nitrogens is 1. The fourth-order valence-corrected chi connectivity index (χ4v) is 5.41. The normalized spacial score (nSPS) is 17.9. The molecule has 9 heteroatoms. The number of hydrogen-bond donors (Lipinski definition) is 2. The third-order valence-electron chi connectivity index (χ3n) is 7.90. The maximum atomic E-state index is 13.7. The summed E-state index contributed by atoms with van der Waals surface area (Å²) in [6.45, 7) is 6.13. The third-order valence-corrected chi connectivity index (χ3v) is 7.90. The number of aromatic nitrogens is 5. The maximum Gasteiger partial charge on any atom is 0.565 e. The Labute approximate surface area is 210 Å². The van der Waals surface area contributed by atoms with Crippen molar-refractivity contribution in [1.29, 1.82) is 0 Å². The number of carbonyl (C=O) groups is 2. The molecule has 2 atom stereocenters. The average Bonchev–Trinajstić information content (AvgIpc) is 3.26. The van der Waals surface area contributed by atoms with E-state index in [4.69, 9.17) is 0 Å². The zero-order chi connectivity index (χ0) is 25.4. The molecule has 186 valence electrons. The maximum absolute atomic E-state index is 13.7. The van der Waals surface area contributed by atoms with E-state index in [1.165, 1.54) is 11.1 Å². The van der Waals surface area contributed by atoms with Crippen LogP contribution in [0.5, 0.6) is 0 Å². The SMILES string of the molecule is Cc1n[nH]c(C)c1-c1ccc(NC(=O)C(C#[N+]C(=O)c2ccnn2C)C(C2CCC2)C2(C)CC2)cn1. The van der Waals surface area contributed by atoms with Gasteiger partial charge < -0.3 is 5.32 Å². The first-order valence-corrected chi connectivity index (χ1v) is 12.5. The number of pyridine rings is 1. The molecule has 0 spiro atoms. The molecule has 2 aliphatic rings. The smallest absolute Gasteiger partial charge is 0.323 e. The van der Waals surface area contributed by atoms with E-state index in [-0.39, 0.29) is 17.2 Å². The van der Waals surface area contributed by atoms with Crippen LogP contribution in [0.3, 0.4) is 0 Å². The van der Waals surface area contributed by atoms with E-state index in [0.717, 1.165) is 48.3 Å². The van der Waals surface area contributed by atoms with Crippen molar-refractivity contribution in [3.05, 3.63) is 52.5 Å². The van der Waals surface area contributed by atoms with E-state index < -0.39 is 11.8 Å². The van der Waals surface area contributed by atoms with E-state index in [1.807, 2.05) is 26.0 Å². The number of hydrogen-bond acceptors (Lipinski definition) is 5. The highest BCUT2D eigenvalue weighted by Gasteiger charge is 2.55. The summed E-state index contributed by atoms with van der Waals surface area (Å²) in [7, 11) is 1.69. The standard InChI is InChI=1S/C27H31N7O2/c1-16-23(17(2)33-32-16)21-9-8-19(14-28-21)31-25(35)20(15-29-26(36)22-10-13-30-34(22)4)24(18-6-5-7-18)27(3)11-12-27/h8-10,13-14,18,20,24H,5-7,11-12H2,1-4H3,(H-,28,30,31,32,33,35,36)/p+1. The molecule has 3 aromatic heterocycles. The molecule has 2 fully saturated rings. The second-order valence-electron chi connectivity index (χ2n) is 10.5. The van der Waals surface area contributed by atoms with Crippen LogP contribution in [0.1, 0.15) is 60.9 Å². The molecule has 3 aromatic rings. The summed E-state index contributed by atoms with van der Waals surface area (Å²) in [6, 6.07) is 8.33. The van der Waals surface area contributed by atoms with Gasteiger partial charge in [0.05, 0.1) is 23.3 Å². The van der Waals surface area contributed by atoms with Crippen LogP contribution in [-0.2, 0) is 11.8 Å². The van der Waals surface area contributed by atoms with Gasteiger partial charge in [0.2, 0.25) is 5.91 Å². The van der Waals surface area contributed by atoms with Gasteiger partial charge in [0, 0.05) is 29.3 Å². The van der Waals surface area contributed by atoms with Crippen LogP contribution < -0.4 is 5.32 Å². The van der Waals surface area contributed by atoms with E-state index in [2.05, 4.69) is 43.4 Å². The molecular weight excluding hydrogens is 454 g/mol. The summed E-state index contributed by atoms with van der Waals surface area (Å²) < 4.78 is 1.48. The van der Waals surface area contributed by atoms with Gasteiger partial charge in [0.1, 0.15) is 0 Å². The van der Waals surface area contributed by atoms with Crippen LogP contribution in [0.25, 0.3) is 16.1 Å². The van der Waals surface area contributed by atoms with Gasteiger partial charge in [-0.1, -0.05) is 26.2 Å². The Hall–Kier alpha value is -3.80. The number of nitrogens with one attached hydrogen (secondary N) is 2. The van der Waals surface area contributed by atoms with Crippen molar-refractivity contribution in [2.24, 2.45) is 30.2 Å². The molecule has 0 saturated heterocycles. The summed E-state index contributed by atoms with van der Waals surface area (Å²) in [6.07, 6.45) is 8.74. The first-order chi connectivity index (χ1) is 17.3. The minimum Gasteiger partial charge on any atom is -0.323 e. The quantitative estimate of drug-likeness (QED) is 0.500. The van der Waals surface area contributed by atoms with E-state index in [9.17, 15) is 9.59 Å². The monoisotopic (exact) mass is 486 g/mol. The van der Waals surface area contributed by atoms with Gasteiger partial charge in [-0.05, 0) is 62.1 Å². The number of carbonyl (C=O) groups excluding carboxylic acids is 2. The molecule has 0 aromatic carbocycles. The summed E-state index contributed by atoms with van der Waals surface area (Å²) in [5.41, 5.74) is 4.62. The Morgan fingerprint density at radius 3 is 2.56 bits per heavy atom. The van der Waals surface area contributed by atoms with Crippen LogP contribution in [0.15, 0.2) is 30.6 Å². The summed E-state index contributed by atoms with van der Waals surface area (Å²) in [4.78, 5) is 35.1. The molecule has 2 saturated carbocycles. The Morgan fingerprint density at radius 2 is 2.03 bits per heavy atom. The van der Waals surface area contributed by atoms with Crippen LogP contribution in [0.2, 0.25) is 0 Å². The summed E-state index contributed by atoms with van der Waals surface area (Å²) in [5, 5.41) is 14.3. The van der Waals surface area contributed by atoms with Crippen LogP contribution in [0.4, 0.5) is 5.69 Å². The number of amides is 2. The molecule has 0 aliphatic heterocycles. The lowest BCUT2D eigenvalue weighted by atomic mass is 9.64. The molecule has 2 unspecified atom stereocenters. The van der Waals surface area contributed by atoms with E-state index in [1.54, 1.807) is 25.5 Å². The Bertz CT molecular complexity index is 1330. The van der Waals surface area contributed by atoms with Gasteiger partial charge in [-0.15, -0.1) is 0 Å². The van der Waals surface area contributed by atoms with Crippen molar-refractivity contribution in [2.45, 2.75) is 52.9 Å². The van der Waals surface area contributed by atoms with Gasteiger partial charge in [-0.3, -0.25) is 19.6 Å². The highest BCUT2D eigenvalue weighted by Crippen LogP contribution is 2.59. The van der Waals surface area contributed by atoms with E-state index >= 15 is 0 Å². The minimum absolute atomic E-state index is 0.0730. The number of nitrogens with zero attached hydrogens (tertiary/aromatic N) is 5. The third kappa shape index (κ3) is 4.55. The Kier molecular flexibility index (Phi) is 6.20. The Balaban J connectivity index is 1.41. The predicted molar refractivity (Wildman–Crippen MR) is 136 cm³/mol. The highest BCUT2D eigenvalue weighted by molar-refractivity contribution is 6.02. The van der Waals surface area contributed by atoms with Crippen LogP contribution >= 0.6 is 0 Å². The lowest BCUT2D eigenvalue weighted by Gasteiger charge is -2.39. The number of rotatable bonds is 7. The van der Waals surface area contributed by atoms with Crippen molar-refractivity contribution in [3.8, 4) is 17.3 Å². The topological polar surface area (TPSA) is 110 Å². The highest BCUT2D eigenvalue weighted by atomic mass is 16.2. The Morgan fingerprint density at radius 1 is 1.25 bits per heavy atom. The van der Waals surface area contributed by atoms with Crippen LogP contribution in [-0.4, -0.2) is 36.8 Å². The molecule has 2 N–H and O–H groups in total. The van der Waals surface area contributed by atoms with E-state index in [0.29, 0.717) is 17.3 Å². The molecular formula is C27H32N7O2+. The molecule has 2 amide bonds. The lowest BCUT2D eigenvalue weighted by Crippen LogP contribution is -2.39. The predicted octanol–water partition coefficient (Wildman–Crippen LogP) is 4.77. The first kappa shape index (κ1) is 23.9. The molecule has 2 aliphatic carbocycles. The van der Waals surface area contributed by atoms with Gasteiger partial charge in [-0.2, -0.15) is 15.0 Å². The largest absolute Gasteiger partial charge is 0.565 e. The average molecular weight is 487 g/mol. The molecule has 0 radical (unpaired) electrons. The molecule has 0 bridgehead atoms. The van der Waals surface area contributed by atoms with Crippen molar-refractivity contribution >= 4 is 17.5 Å². The number of anilines is 1. The first-order valence-electron chi connectivity index (χ1n) is 12.5. The number of aryl methyl sites for hydroxylation is 3. The molecule has 36 heavy (non-hydrogen) atoms. The van der Waals surface area contributed by atoms with Crippen LogP contribution in [0, 0.1) is 43.1 Å². The summed E-state index contributed by atoms with van der Waals surface area (Å²) >= 11 is 0. The zero-order valence-corrected chi connectivity index (χ0v) is 21.2. The molecule has 5 rings (SSSR count). The second-order valence-corrected chi connectivity index (χ2v) is 10.5. The van der Waals surface area contributed by atoms with Crippen molar-refractivity contribution in [3.63, 3.8) is 0 Å². The van der Waals surface area contributed by atoms with Crippen molar-refractivity contribution in [1.82, 2.24) is 25.0 Å². The van der Waals surface area contributed by atoms with Gasteiger partial charge in [0.25, 0.3) is 0 Å². The van der Waals surface area contributed by atoms with Gasteiger partial charge >= 0.3 is 12.0 Å². The number of aromatic amines is 1. The zero-order valence-electron chi connectivity index (χ0n) is 21.2. The van der Waals surface area contributed by atoms with Gasteiger partial charge in [0.15, 0.2) is 11.6 Å². The van der Waals surface area contributed by atoms with Crippen molar-refractivity contribution in [2.75, 3.05) is 5.32 Å². The summed E-state index contributed by atoms with van der Waals surface area (Å²) in [5.74, 6) is -0.740. The molecule has 9 nitrogen and oxygen atoms in total. The van der Waals surface area contributed by atoms with Gasteiger partial charge in [-0.25, -0.2) is 0 Å².